The van der Waals surface area contributed by atoms with Crippen LogP contribution in [0.25, 0.3) is 11.1 Å². The van der Waals surface area contributed by atoms with Crippen LogP contribution in [-0.4, -0.2) is 12.3 Å². The Morgan fingerprint density at radius 3 is 2.84 bits per heavy atom. The Morgan fingerprint density at radius 1 is 0.947 bits per heavy atom. The van der Waals surface area contributed by atoms with Gasteiger partial charge in [0, 0.05) is 28.4 Å². The quantitative estimate of drug-likeness (QED) is 0.824. The van der Waals surface area contributed by atoms with Crippen molar-refractivity contribution in [1.29, 1.82) is 0 Å². The maximum atomic E-state index is 3.61. The molecule has 0 spiro atoms. The van der Waals surface area contributed by atoms with Crippen LogP contribution < -0.4 is 5.32 Å². The van der Waals surface area contributed by atoms with Gasteiger partial charge in [0.05, 0.1) is 0 Å². The molecule has 0 amide bonds. The van der Waals surface area contributed by atoms with Crippen LogP contribution in [-0.2, 0) is 12.8 Å². The molecule has 2 aliphatic heterocycles. The first-order valence-electron chi connectivity index (χ1n) is 7.04. The summed E-state index contributed by atoms with van der Waals surface area (Å²) in [5, 5.41) is 3.61. The fraction of sp³-hybridized carbons (Fsp3) is 0.294. The Kier molecular flexibility index (Phi) is 2.77. The van der Waals surface area contributed by atoms with Crippen molar-refractivity contribution in [2.75, 3.05) is 17.6 Å². The molecule has 2 aliphatic rings. The summed E-state index contributed by atoms with van der Waals surface area (Å²) in [6.07, 6.45) is 3.67. The first-order chi connectivity index (χ1) is 9.43. The average Bonchev–Trinajstić information content (AvgIpc) is 2.95. The number of nitrogens with one attached hydrogen (secondary N) is 1. The number of para-hydroxylation sites is 1. The van der Waals surface area contributed by atoms with E-state index in [0.717, 1.165) is 6.54 Å². The molecule has 0 aliphatic carbocycles. The fourth-order valence-corrected chi connectivity index (χ4v) is 4.30. The number of rotatable bonds is 1. The molecule has 0 atom stereocenters. The largest absolute Gasteiger partial charge is 0.384 e. The lowest BCUT2D eigenvalue weighted by atomic mass is 9.92. The van der Waals surface area contributed by atoms with Gasteiger partial charge < -0.3 is 5.32 Å². The molecule has 0 aromatic heterocycles. The highest BCUT2D eigenvalue weighted by molar-refractivity contribution is 7.99. The lowest BCUT2D eigenvalue weighted by Crippen LogP contribution is -2.12. The summed E-state index contributed by atoms with van der Waals surface area (Å²) >= 11 is 1.99. The van der Waals surface area contributed by atoms with Gasteiger partial charge in [-0.2, -0.15) is 0 Å². The van der Waals surface area contributed by atoms with Gasteiger partial charge in [-0.25, -0.2) is 0 Å². The van der Waals surface area contributed by atoms with Crippen LogP contribution in [0.3, 0.4) is 0 Å². The van der Waals surface area contributed by atoms with E-state index in [1.54, 1.807) is 5.56 Å². The van der Waals surface area contributed by atoms with Crippen molar-refractivity contribution < 1.29 is 0 Å². The number of anilines is 1. The van der Waals surface area contributed by atoms with Gasteiger partial charge in [0.15, 0.2) is 0 Å². The Bertz CT molecular complexity index is 633. The molecule has 0 fully saturated rings. The summed E-state index contributed by atoms with van der Waals surface area (Å²) in [6, 6.07) is 13.5. The van der Waals surface area contributed by atoms with Crippen molar-refractivity contribution in [1.82, 2.24) is 0 Å². The molecule has 0 saturated heterocycles. The number of fused-ring (bicyclic) bond motifs is 2. The topological polar surface area (TPSA) is 12.0 Å². The highest BCUT2D eigenvalue weighted by Gasteiger charge is 2.19. The monoisotopic (exact) mass is 267 g/mol. The normalized spacial score (nSPS) is 16.6. The van der Waals surface area contributed by atoms with Gasteiger partial charge in [0.25, 0.3) is 0 Å². The van der Waals surface area contributed by atoms with Gasteiger partial charge in [0.1, 0.15) is 0 Å². The molecule has 1 nitrogen and oxygen atoms in total. The van der Waals surface area contributed by atoms with Gasteiger partial charge in [-0.15, -0.1) is 11.8 Å². The first-order valence-corrected chi connectivity index (χ1v) is 8.03. The second-order valence-electron chi connectivity index (χ2n) is 5.25. The van der Waals surface area contributed by atoms with Crippen molar-refractivity contribution in [3.8, 4) is 11.1 Å². The van der Waals surface area contributed by atoms with Gasteiger partial charge in [0.2, 0.25) is 0 Å². The van der Waals surface area contributed by atoms with E-state index in [1.807, 2.05) is 11.8 Å². The van der Waals surface area contributed by atoms with E-state index in [-0.39, 0.29) is 0 Å². The molecule has 2 aromatic carbocycles. The highest BCUT2D eigenvalue weighted by atomic mass is 32.2. The standard InChI is InChI=1S/C17H17NS/c1-4-12-5-3-10-18-17(12)15(7-1)13-6-2-8-16-14(13)9-11-19-16/h1-2,4,6-8,18H,3,5,9-11H2. The second kappa shape index (κ2) is 4.61. The highest BCUT2D eigenvalue weighted by Crippen LogP contribution is 2.41. The number of thioether (sulfide) groups is 1. The maximum absolute atomic E-state index is 3.61. The SMILES string of the molecule is c1cc2c(c(-c3cccc4c3NCCC4)c1)CCS2. The van der Waals surface area contributed by atoms with Crippen molar-refractivity contribution in [3.63, 3.8) is 0 Å². The summed E-state index contributed by atoms with van der Waals surface area (Å²) < 4.78 is 0. The van der Waals surface area contributed by atoms with E-state index in [1.165, 1.54) is 52.3 Å². The molecule has 0 bridgehead atoms. The van der Waals surface area contributed by atoms with Gasteiger partial charge in [-0.1, -0.05) is 30.3 Å². The molecule has 19 heavy (non-hydrogen) atoms. The molecule has 2 heterocycles. The van der Waals surface area contributed by atoms with Crippen molar-refractivity contribution in [2.45, 2.75) is 24.2 Å². The Hall–Kier alpha value is -1.41. The predicted octanol–water partition coefficient (Wildman–Crippen LogP) is 4.36. The molecule has 1 N–H and O–H groups in total. The molecular formula is C17H17NS. The third-order valence-electron chi connectivity index (χ3n) is 4.11. The predicted molar refractivity (Wildman–Crippen MR) is 83.1 cm³/mol. The summed E-state index contributed by atoms with van der Waals surface area (Å²) in [5.74, 6) is 1.23. The average molecular weight is 267 g/mol. The summed E-state index contributed by atoms with van der Waals surface area (Å²) in [5.41, 5.74) is 7.24. The lowest BCUT2D eigenvalue weighted by molar-refractivity contribution is 0.831. The smallest absolute Gasteiger partial charge is 0.0452 e. The van der Waals surface area contributed by atoms with Gasteiger partial charge in [-0.05, 0) is 42.0 Å². The van der Waals surface area contributed by atoms with E-state index in [0.29, 0.717) is 0 Å². The summed E-state index contributed by atoms with van der Waals surface area (Å²) in [6.45, 7) is 1.10. The number of aryl methyl sites for hydroxylation is 1. The third-order valence-corrected chi connectivity index (χ3v) is 5.21. The maximum Gasteiger partial charge on any atom is 0.0452 e. The zero-order valence-corrected chi connectivity index (χ0v) is 11.7. The van der Waals surface area contributed by atoms with Crippen molar-refractivity contribution in [2.24, 2.45) is 0 Å². The van der Waals surface area contributed by atoms with Crippen molar-refractivity contribution >= 4 is 17.4 Å². The second-order valence-corrected chi connectivity index (χ2v) is 6.39. The van der Waals surface area contributed by atoms with E-state index in [9.17, 15) is 0 Å². The van der Waals surface area contributed by atoms with Gasteiger partial charge in [-0.3, -0.25) is 0 Å². The van der Waals surface area contributed by atoms with Crippen LogP contribution in [0.4, 0.5) is 5.69 Å². The van der Waals surface area contributed by atoms with Crippen LogP contribution in [0.15, 0.2) is 41.3 Å². The zero-order valence-electron chi connectivity index (χ0n) is 10.9. The number of benzene rings is 2. The lowest BCUT2D eigenvalue weighted by Gasteiger charge is -2.22. The molecule has 2 aromatic rings. The minimum atomic E-state index is 1.10. The molecule has 4 rings (SSSR count). The Morgan fingerprint density at radius 2 is 1.84 bits per heavy atom. The van der Waals surface area contributed by atoms with Crippen LogP contribution in [0.5, 0.6) is 0 Å². The molecule has 96 valence electrons. The van der Waals surface area contributed by atoms with Gasteiger partial charge >= 0.3 is 0 Å². The minimum Gasteiger partial charge on any atom is -0.384 e. The Labute approximate surface area is 118 Å². The summed E-state index contributed by atoms with van der Waals surface area (Å²) in [7, 11) is 0. The molecular weight excluding hydrogens is 250 g/mol. The van der Waals surface area contributed by atoms with Crippen LogP contribution in [0.2, 0.25) is 0 Å². The van der Waals surface area contributed by atoms with E-state index < -0.39 is 0 Å². The van der Waals surface area contributed by atoms with E-state index in [4.69, 9.17) is 0 Å². The van der Waals surface area contributed by atoms with Crippen LogP contribution >= 0.6 is 11.8 Å². The molecule has 0 saturated carbocycles. The number of hydrogen-bond acceptors (Lipinski definition) is 2. The van der Waals surface area contributed by atoms with E-state index in [2.05, 4.69) is 41.7 Å². The molecule has 0 unspecified atom stereocenters. The molecule has 0 radical (unpaired) electrons. The molecule has 2 heteroatoms. The fourth-order valence-electron chi connectivity index (χ4n) is 3.21. The van der Waals surface area contributed by atoms with Crippen LogP contribution in [0, 0.1) is 0 Å². The first kappa shape index (κ1) is 11.4. The van der Waals surface area contributed by atoms with Crippen LogP contribution in [0.1, 0.15) is 17.5 Å². The summed E-state index contributed by atoms with van der Waals surface area (Å²) in [4.78, 5) is 1.48. The number of hydrogen-bond donors (Lipinski definition) is 1. The van der Waals surface area contributed by atoms with Crippen molar-refractivity contribution in [3.05, 3.63) is 47.5 Å². The third kappa shape index (κ3) is 1.86. The zero-order chi connectivity index (χ0) is 12.7. The van der Waals surface area contributed by atoms with E-state index >= 15 is 0 Å². The minimum absolute atomic E-state index is 1.10. The Balaban J connectivity index is 1.92.